The molecule has 0 saturated carbocycles. The van der Waals surface area contributed by atoms with Crippen molar-refractivity contribution < 1.29 is 93.9 Å². The van der Waals surface area contributed by atoms with Gasteiger partial charge in [-0.1, -0.05) is 113 Å². The third kappa shape index (κ3) is 24.9. The van der Waals surface area contributed by atoms with Crippen LogP contribution in [0.4, 0.5) is 45.5 Å². The molecule has 131 heavy (non-hydrogen) atoms. The number of halogens is 6. The Labute approximate surface area is 758 Å². The van der Waals surface area contributed by atoms with Crippen molar-refractivity contribution in [2.75, 3.05) is 107 Å². The molecule has 0 spiro atoms. The molecule has 4 aromatic heterocycles. The van der Waals surface area contributed by atoms with Crippen LogP contribution in [-0.2, 0) is 90.2 Å². The van der Waals surface area contributed by atoms with E-state index in [-0.39, 0.29) is 50.0 Å². The van der Waals surface area contributed by atoms with Crippen LogP contribution >= 0.6 is 0 Å². The number of benzene rings is 4. The van der Waals surface area contributed by atoms with E-state index in [1.54, 1.807) is 9.80 Å². The lowest BCUT2D eigenvalue weighted by Gasteiger charge is -2.33. The van der Waals surface area contributed by atoms with Gasteiger partial charge < -0.3 is 80.7 Å². The number of aromatic nitrogens is 8. The van der Waals surface area contributed by atoms with Crippen LogP contribution in [0.25, 0.3) is 45.0 Å². The summed E-state index contributed by atoms with van der Waals surface area (Å²) < 4.78 is 109. The molecule has 32 nitrogen and oxygen atoms in total. The number of rotatable bonds is 19. The summed E-state index contributed by atoms with van der Waals surface area (Å²) in [6.45, 7) is 29.1. The Bertz CT molecular complexity index is 5440. The van der Waals surface area contributed by atoms with Crippen LogP contribution in [0.3, 0.4) is 0 Å². The van der Waals surface area contributed by atoms with Crippen LogP contribution in [0.15, 0.2) is 84.9 Å². The topological polar surface area (TPSA) is 370 Å². The monoisotopic (exact) mass is 1830 g/mol. The molecule has 0 bridgehead atoms. The molecule has 38 heteroatoms. The van der Waals surface area contributed by atoms with Gasteiger partial charge in [0.15, 0.2) is 34.9 Å². The molecule has 10 heterocycles. The lowest BCUT2D eigenvalue weighted by Crippen LogP contribution is -2.55. The number of aliphatic hydroxyl groups excluding tert-OH is 2. The van der Waals surface area contributed by atoms with Gasteiger partial charge in [-0.3, -0.25) is 19.2 Å². The van der Waals surface area contributed by atoms with Crippen molar-refractivity contribution in [3.63, 3.8) is 0 Å². The zero-order valence-corrected chi connectivity index (χ0v) is 77.2. The first kappa shape index (κ1) is 100. The number of fused-ring (bicyclic) bond motifs is 4. The minimum atomic E-state index is -1.01. The minimum Gasteiger partial charge on any atom is -0.391 e. The lowest BCUT2D eigenvalue weighted by molar-refractivity contribution is -0.135. The Morgan fingerprint density at radius 1 is 0.397 bits per heavy atom. The summed E-state index contributed by atoms with van der Waals surface area (Å²) in [5.41, 5.74) is 7.00. The summed E-state index contributed by atoms with van der Waals surface area (Å²) in [6, 6.07) is 14.8. The molecule has 0 radical (unpaired) electrons. The number of hydrogen-bond acceptors (Lipinski definition) is 20. The van der Waals surface area contributed by atoms with Crippen molar-refractivity contribution in [1.29, 1.82) is 0 Å². The number of nitrogens with zero attached hydrogens (tertiary/aromatic N) is 12. The number of carbonyl (C=O) groups is 8. The number of amides is 8. The maximum absolute atomic E-state index is 13.9. The highest BCUT2D eigenvalue weighted by Crippen LogP contribution is 2.37. The molecule has 710 valence electrons. The lowest BCUT2D eigenvalue weighted by atomic mass is 9.86. The molecule has 6 aliphatic rings. The second kappa shape index (κ2) is 43.0. The number of carbonyl (C=O) groups excluding carboxylic acids is 8. The van der Waals surface area contributed by atoms with Crippen molar-refractivity contribution in [3.8, 4) is 45.0 Å². The Morgan fingerprint density at radius 2 is 0.687 bits per heavy atom. The predicted molar refractivity (Wildman–Crippen MR) is 475 cm³/mol. The van der Waals surface area contributed by atoms with Crippen molar-refractivity contribution in [3.05, 3.63) is 165 Å². The highest BCUT2D eigenvalue weighted by atomic mass is 19.2. The largest absolute Gasteiger partial charge is 0.391 e. The zero-order chi connectivity index (χ0) is 95.5. The smallest absolute Gasteiger partial charge is 0.343 e. The molecular formula is C93H122F6N18O14. The van der Waals surface area contributed by atoms with E-state index in [0.29, 0.717) is 178 Å². The van der Waals surface area contributed by atoms with Gasteiger partial charge in [-0.2, -0.15) is 39.1 Å². The Kier molecular flexibility index (Phi) is 32.9. The fourth-order valence-electron chi connectivity index (χ4n) is 15.9. The van der Waals surface area contributed by atoms with Crippen molar-refractivity contribution >= 4 is 47.8 Å². The minimum absolute atomic E-state index is 0.176. The number of nitrogens with one attached hydrogen (secondary N) is 6. The van der Waals surface area contributed by atoms with Gasteiger partial charge in [0.1, 0.15) is 24.2 Å². The standard InChI is InChI=1S/C24H33F2N5O3.C23H31F2N5O3.C23H28F2N4O4.C23H30N4O4/c1-24(2,3)21(22(32)27-10-6-11-30(4)5)28-23(33)31-19-9-12-34-14-16(19)20(29-31)15-7-8-17(25)18(26)13-15;1-23(2,3)20(21(31)26-9-10-29(4)5)27-22(32)30-18-8-11-33-13-15(18)19(28-30)14-6-7-16(24)17(25)12-14;1-23(2,3)20(21(31)28-8-6-14(30)11-28)26-22(32)29-18-7-9-33-12-15(18)19(27-29)13-4-5-16(24)17(25)10-13;1-23(2,3)20(21(29)26-11-9-16(28)13-26)24-22(30)27-18-10-12-31-14-17(18)19(25-27)15-7-5-4-6-8-15/h7-8,13,21H,6,9-12,14H2,1-5H3,(H,27,32)(H,28,33);6-7,12,20H,8-11,13H2,1-5H3,(H,26,31)(H,27,32);4-5,10,14,20,30H,6-9,11-12H2,1-3H3,(H,26,32);4-8,16,20,28H,9-14H2,1-3H3,(H,24,30)/t21-;20-;14-,20+;16-,20+/m1100/s1. The van der Waals surface area contributed by atoms with E-state index in [1.165, 1.54) is 36.9 Å². The fourth-order valence-corrected chi connectivity index (χ4v) is 15.9. The summed E-state index contributed by atoms with van der Waals surface area (Å²) in [5, 5.41) is 54.6. The van der Waals surface area contributed by atoms with E-state index in [0.717, 1.165) is 71.9 Å². The quantitative estimate of drug-likeness (QED) is 0.0275. The van der Waals surface area contributed by atoms with Gasteiger partial charge in [0, 0.05) is 116 Å². The molecule has 2 saturated heterocycles. The summed E-state index contributed by atoms with van der Waals surface area (Å²) in [4.78, 5) is 112. The number of aliphatic hydroxyl groups is 2. The third-order valence-electron chi connectivity index (χ3n) is 23.1. The van der Waals surface area contributed by atoms with Gasteiger partial charge in [0.2, 0.25) is 23.6 Å². The van der Waals surface area contributed by atoms with Crippen LogP contribution in [0.1, 0.15) is 147 Å². The average Bonchev–Trinajstić information content (AvgIpc) is 1.63. The van der Waals surface area contributed by atoms with Crippen LogP contribution in [-0.4, -0.2) is 260 Å². The summed E-state index contributed by atoms with van der Waals surface area (Å²) in [7, 11) is 7.74. The van der Waals surface area contributed by atoms with Gasteiger partial charge in [-0.25, -0.2) is 45.5 Å². The predicted octanol–water partition coefficient (Wildman–Crippen LogP) is 10.1. The van der Waals surface area contributed by atoms with Gasteiger partial charge in [-0.05, 0) is 130 Å². The molecule has 6 aliphatic heterocycles. The summed E-state index contributed by atoms with van der Waals surface area (Å²) >= 11 is 0. The molecule has 0 unspecified atom stereocenters. The highest BCUT2D eigenvalue weighted by Gasteiger charge is 2.43. The number of ether oxygens (including phenoxy) is 4. The van der Waals surface area contributed by atoms with E-state index >= 15 is 0 Å². The number of likely N-dealkylation sites (tertiary alicyclic amines) is 2. The molecule has 8 N–H and O–H groups in total. The number of hydrogen-bond donors (Lipinski definition) is 8. The number of likely N-dealkylation sites (N-methyl/N-ethyl adjacent to an activating group) is 1. The maximum atomic E-state index is 13.9. The second-order valence-electron chi connectivity index (χ2n) is 38.2. The Hall–Kier alpha value is -11.3. The van der Waals surface area contributed by atoms with Gasteiger partial charge in [0.05, 0.1) is 111 Å². The van der Waals surface area contributed by atoms with E-state index in [9.17, 15) is 74.9 Å². The first-order chi connectivity index (χ1) is 61.8. The third-order valence-corrected chi connectivity index (χ3v) is 23.1. The van der Waals surface area contributed by atoms with Crippen LogP contribution in [0.5, 0.6) is 0 Å². The average molecular weight is 1830 g/mol. The van der Waals surface area contributed by atoms with Crippen molar-refractivity contribution in [2.45, 2.75) is 191 Å². The van der Waals surface area contributed by atoms with Crippen LogP contribution in [0, 0.1) is 56.6 Å². The normalized spacial score (nSPS) is 17.0. The van der Waals surface area contributed by atoms with Gasteiger partial charge in [0.25, 0.3) is 0 Å². The van der Waals surface area contributed by atoms with E-state index in [1.807, 2.05) is 151 Å². The SMILES string of the molecule is CC(C)(C)[C@H](NC(=O)n1nc(-c2ccc(F)c(F)c2)c2c1CCOC2)C(=O)N1CC[C@H](O)C1.CC(C)(C)[C@H](NC(=O)n1nc(-c2ccccc2)c2c1CCOC2)C(=O)N1CC[C@H](O)C1.CN(C)CCCNC(=O)[C@@H](NC(=O)n1nc(-c2ccc(F)c(F)c2)c2c1CCOC2)C(C)(C)C.CN(C)CCNC(=O)[C@@H](NC(=O)n1nc(-c2ccc(F)c(F)c2)c2c1CCOC2)C(C)(C)C. The Morgan fingerprint density at radius 3 is 0.962 bits per heavy atom. The van der Waals surface area contributed by atoms with Crippen LogP contribution < -0.4 is 31.9 Å². The molecule has 8 aromatic rings. The summed E-state index contributed by atoms with van der Waals surface area (Å²) in [5.74, 6) is -6.91. The maximum Gasteiger partial charge on any atom is 0.343 e. The molecule has 8 amide bonds. The molecule has 14 rings (SSSR count). The Balaban J connectivity index is 0.000000169. The van der Waals surface area contributed by atoms with Crippen molar-refractivity contribution in [2.24, 2.45) is 21.7 Å². The van der Waals surface area contributed by atoms with E-state index in [2.05, 4.69) is 52.3 Å². The van der Waals surface area contributed by atoms with Gasteiger partial charge in [-0.15, -0.1) is 0 Å². The molecule has 6 atom stereocenters. The first-order valence-electron chi connectivity index (χ1n) is 44.0. The number of β-amino-alcohol motifs (C(OH)–C–C–N with tert-alkyl or cyclic N) is 2. The van der Waals surface area contributed by atoms with E-state index in [4.69, 9.17) is 18.9 Å². The van der Waals surface area contributed by atoms with E-state index < -0.39 is 117 Å². The van der Waals surface area contributed by atoms with Crippen LogP contribution in [0.2, 0.25) is 0 Å². The first-order valence-corrected chi connectivity index (χ1v) is 44.0. The molecular weight excluding hydrogens is 1710 g/mol. The molecule has 0 aliphatic carbocycles. The summed E-state index contributed by atoms with van der Waals surface area (Å²) in [6.07, 6.45) is 2.61. The highest BCUT2D eigenvalue weighted by molar-refractivity contribution is 5.92. The fraction of sp³-hybridized carbons (Fsp3) is 0.527. The second-order valence-corrected chi connectivity index (χ2v) is 38.2. The molecule has 4 aromatic carbocycles. The van der Waals surface area contributed by atoms with Gasteiger partial charge >= 0.3 is 24.1 Å². The molecule has 2 fully saturated rings. The van der Waals surface area contributed by atoms with Crippen molar-refractivity contribution in [1.82, 2.24) is 90.6 Å². The zero-order valence-electron chi connectivity index (χ0n) is 77.2.